The van der Waals surface area contributed by atoms with E-state index in [0.29, 0.717) is 71.5 Å². The van der Waals surface area contributed by atoms with Crippen LogP contribution in [0.2, 0.25) is 10.2 Å². The van der Waals surface area contributed by atoms with Crippen molar-refractivity contribution in [1.82, 2.24) is 23.9 Å². The standard InChI is InChI=1S/C36H41Cl2N5O6/c1-34(2,3)49-33(46)42-20-35(4,5)48-19-28(42)23-8-12-26(13-9-23)43-29(38)18-27-30(43)39-22-41(32(27)45)21-36(47)14-16-40(17-15-36)31(44)24-6-10-25(37)11-7-24/h6-13,18,22,28,47H,14-17,19-21H2,1-5H3/t28-/m0/s1. The van der Waals surface area contributed by atoms with Crippen molar-refractivity contribution in [2.75, 3.05) is 26.2 Å². The molecular weight excluding hydrogens is 669 g/mol. The minimum Gasteiger partial charge on any atom is -0.444 e. The number of halogens is 2. The van der Waals surface area contributed by atoms with Gasteiger partial charge in [-0.3, -0.25) is 23.6 Å². The molecule has 4 aromatic rings. The van der Waals surface area contributed by atoms with Crippen molar-refractivity contribution in [2.24, 2.45) is 0 Å². The van der Waals surface area contributed by atoms with Gasteiger partial charge in [0.25, 0.3) is 11.5 Å². The first-order chi connectivity index (χ1) is 23.0. The van der Waals surface area contributed by atoms with Crippen molar-refractivity contribution in [2.45, 2.75) is 76.9 Å². The van der Waals surface area contributed by atoms with Gasteiger partial charge in [-0.15, -0.1) is 0 Å². The van der Waals surface area contributed by atoms with Crippen LogP contribution in [0.5, 0.6) is 0 Å². The second kappa shape index (κ2) is 13.1. The third-order valence-electron chi connectivity index (χ3n) is 9.00. The predicted octanol–water partition coefficient (Wildman–Crippen LogP) is 6.25. The average molecular weight is 711 g/mol. The Hall–Kier alpha value is -3.90. The lowest BCUT2D eigenvalue weighted by atomic mass is 9.91. The van der Waals surface area contributed by atoms with Gasteiger partial charge < -0.3 is 19.5 Å². The number of likely N-dealkylation sites (tertiary alicyclic amines) is 1. The Kier molecular flexibility index (Phi) is 9.34. The molecule has 0 spiro atoms. The maximum absolute atomic E-state index is 13.6. The summed E-state index contributed by atoms with van der Waals surface area (Å²) in [4.78, 5) is 47.8. The molecule has 2 amide bonds. The predicted molar refractivity (Wildman–Crippen MR) is 188 cm³/mol. The maximum atomic E-state index is 13.6. The monoisotopic (exact) mass is 709 g/mol. The lowest BCUT2D eigenvalue weighted by Crippen LogP contribution is -2.53. The quantitative estimate of drug-likeness (QED) is 0.260. The summed E-state index contributed by atoms with van der Waals surface area (Å²) in [6, 6.07) is 15.5. The highest BCUT2D eigenvalue weighted by molar-refractivity contribution is 6.31. The Morgan fingerprint density at radius 3 is 2.33 bits per heavy atom. The molecule has 0 aliphatic carbocycles. The van der Waals surface area contributed by atoms with Gasteiger partial charge in [-0.2, -0.15) is 0 Å². The van der Waals surface area contributed by atoms with E-state index in [-0.39, 0.29) is 24.1 Å². The summed E-state index contributed by atoms with van der Waals surface area (Å²) in [5.74, 6) is -0.126. The lowest BCUT2D eigenvalue weighted by molar-refractivity contribution is -0.114. The fourth-order valence-electron chi connectivity index (χ4n) is 6.42. The van der Waals surface area contributed by atoms with E-state index in [1.165, 1.54) is 10.9 Å². The van der Waals surface area contributed by atoms with Gasteiger partial charge in [-0.05, 0) is 95.5 Å². The van der Waals surface area contributed by atoms with E-state index in [1.54, 1.807) is 44.7 Å². The highest BCUT2D eigenvalue weighted by Gasteiger charge is 2.39. The normalized spacial score (nSPS) is 19.2. The van der Waals surface area contributed by atoms with Crippen LogP contribution < -0.4 is 5.56 Å². The van der Waals surface area contributed by atoms with Crippen LogP contribution in [0.15, 0.2) is 65.7 Å². The van der Waals surface area contributed by atoms with E-state index in [0.717, 1.165) is 5.56 Å². The van der Waals surface area contributed by atoms with Crippen LogP contribution in [0, 0.1) is 0 Å². The largest absolute Gasteiger partial charge is 0.444 e. The zero-order valence-corrected chi connectivity index (χ0v) is 29.8. The number of carbonyl (C=O) groups excluding carboxylic acids is 2. The summed E-state index contributed by atoms with van der Waals surface area (Å²) < 4.78 is 14.9. The molecule has 13 heteroatoms. The average Bonchev–Trinajstić information content (AvgIpc) is 3.38. The molecule has 1 atom stereocenters. The van der Waals surface area contributed by atoms with Crippen molar-refractivity contribution in [1.29, 1.82) is 0 Å². The van der Waals surface area contributed by atoms with E-state index < -0.39 is 22.9 Å². The van der Waals surface area contributed by atoms with Crippen LogP contribution in [0.4, 0.5) is 4.79 Å². The Labute approximate surface area is 294 Å². The molecule has 0 saturated carbocycles. The molecule has 2 aliphatic heterocycles. The maximum Gasteiger partial charge on any atom is 0.410 e. The van der Waals surface area contributed by atoms with E-state index in [9.17, 15) is 19.5 Å². The van der Waals surface area contributed by atoms with Gasteiger partial charge >= 0.3 is 6.09 Å². The van der Waals surface area contributed by atoms with Crippen molar-refractivity contribution in [3.05, 3.63) is 92.6 Å². The van der Waals surface area contributed by atoms with Crippen molar-refractivity contribution >= 4 is 46.2 Å². The first kappa shape index (κ1) is 34.9. The summed E-state index contributed by atoms with van der Waals surface area (Å²) in [6.07, 6.45) is 1.63. The third-order valence-corrected chi connectivity index (χ3v) is 9.53. The number of amides is 2. The zero-order chi connectivity index (χ0) is 35.3. The molecule has 2 aromatic heterocycles. The van der Waals surface area contributed by atoms with Crippen molar-refractivity contribution in [3.8, 4) is 5.69 Å². The number of aliphatic hydroxyl groups is 1. The first-order valence-electron chi connectivity index (χ1n) is 16.3. The van der Waals surface area contributed by atoms with Crippen molar-refractivity contribution < 1.29 is 24.2 Å². The number of nitrogens with zero attached hydrogens (tertiary/aromatic N) is 5. The van der Waals surface area contributed by atoms with Crippen LogP contribution in [0.25, 0.3) is 16.7 Å². The van der Waals surface area contributed by atoms with E-state index >= 15 is 0 Å². The minimum atomic E-state index is -1.19. The molecule has 11 nitrogen and oxygen atoms in total. The fourth-order valence-corrected chi connectivity index (χ4v) is 6.83. The van der Waals surface area contributed by atoms with Gasteiger partial charge in [-0.25, -0.2) is 9.78 Å². The SMILES string of the molecule is CC(C)(C)OC(=O)N1CC(C)(C)OC[C@H]1c1ccc(-n2c(Cl)cc3c(=O)n(CC4(O)CCN(C(=O)c5ccc(Cl)cc5)CC4)cnc32)cc1. The molecular formula is C36H41Cl2N5O6. The Balaban J connectivity index is 1.19. The molecule has 0 unspecified atom stereocenters. The number of ether oxygens (including phenoxy) is 2. The summed E-state index contributed by atoms with van der Waals surface area (Å²) in [7, 11) is 0. The third kappa shape index (κ3) is 7.50. The minimum absolute atomic E-state index is 0.0314. The van der Waals surface area contributed by atoms with Crippen LogP contribution in [-0.2, 0) is 16.0 Å². The van der Waals surface area contributed by atoms with Crippen molar-refractivity contribution in [3.63, 3.8) is 0 Å². The number of benzene rings is 2. The second-order valence-corrected chi connectivity index (χ2v) is 15.4. The Bertz CT molecular complexity index is 1920. The number of carbonyl (C=O) groups is 2. The highest BCUT2D eigenvalue weighted by atomic mass is 35.5. The number of fused-ring (bicyclic) bond motifs is 1. The summed E-state index contributed by atoms with van der Waals surface area (Å²) in [5.41, 5.74) is -0.214. The van der Waals surface area contributed by atoms with Crippen LogP contribution >= 0.6 is 23.2 Å². The molecule has 4 heterocycles. The highest BCUT2D eigenvalue weighted by Crippen LogP contribution is 2.34. The number of piperidine rings is 1. The molecule has 2 saturated heterocycles. The molecule has 260 valence electrons. The van der Waals surface area contributed by atoms with E-state index in [2.05, 4.69) is 4.98 Å². The Morgan fingerprint density at radius 2 is 1.69 bits per heavy atom. The Morgan fingerprint density at radius 1 is 1.04 bits per heavy atom. The van der Waals surface area contributed by atoms with Gasteiger partial charge in [0.2, 0.25) is 0 Å². The lowest BCUT2D eigenvalue weighted by Gasteiger charge is -2.44. The van der Waals surface area contributed by atoms with Gasteiger partial charge in [0.1, 0.15) is 17.1 Å². The molecule has 2 aliphatic rings. The van der Waals surface area contributed by atoms with Gasteiger partial charge in [-0.1, -0.05) is 35.3 Å². The van der Waals surface area contributed by atoms with Gasteiger partial charge in [0.15, 0.2) is 5.65 Å². The zero-order valence-electron chi connectivity index (χ0n) is 28.3. The molecule has 2 aromatic carbocycles. The van der Waals surface area contributed by atoms with E-state index in [1.807, 2.05) is 58.9 Å². The first-order valence-corrected chi connectivity index (χ1v) is 17.1. The molecule has 1 N–H and O–H groups in total. The summed E-state index contributed by atoms with van der Waals surface area (Å²) in [5, 5.41) is 12.6. The number of hydrogen-bond acceptors (Lipinski definition) is 7. The van der Waals surface area contributed by atoms with Crippen LogP contribution in [-0.4, -0.2) is 84.1 Å². The molecule has 6 rings (SSSR count). The topological polar surface area (TPSA) is 119 Å². The number of aromatic nitrogens is 3. The summed E-state index contributed by atoms with van der Waals surface area (Å²) >= 11 is 12.6. The number of morpholine rings is 1. The molecule has 49 heavy (non-hydrogen) atoms. The smallest absolute Gasteiger partial charge is 0.410 e. The second-order valence-electron chi connectivity index (χ2n) is 14.5. The summed E-state index contributed by atoms with van der Waals surface area (Å²) in [6.45, 7) is 10.8. The van der Waals surface area contributed by atoms with E-state index in [4.69, 9.17) is 32.7 Å². The molecule has 2 fully saturated rings. The fraction of sp³-hybridized carbons (Fsp3) is 0.444. The van der Waals surface area contributed by atoms with Crippen LogP contribution in [0.1, 0.15) is 69.4 Å². The number of rotatable bonds is 5. The molecule has 0 bridgehead atoms. The number of hydrogen-bond donors (Lipinski definition) is 1. The van der Waals surface area contributed by atoms with Gasteiger partial charge in [0.05, 0.1) is 42.3 Å². The van der Waals surface area contributed by atoms with Crippen LogP contribution in [0.3, 0.4) is 0 Å². The molecule has 0 radical (unpaired) electrons. The van der Waals surface area contributed by atoms with Gasteiger partial charge in [0, 0.05) is 29.4 Å².